The summed E-state index contributed by atoms with van der Waals surface area (Å²) in [5.41, 5.74) is 2.02. The number of carbonyl (C=O) groups is 3. The summed E-state index contributed by atoms with van der Waals surface area (Å²) in [6, 6.07) is 13.5. The second-order valence-electron chi connectivity index (χ2n) is 6.45. The van der Waals surface area contributed by atoms with Crippen LogP contribution in [0.15, 0.2) is 48.5 Å². The van der Waals surface area contributed by atoms with Crippen LogP contribution in [-0.4, -0.2) is 40.4 Å². The number of hydrogen-bond acceptors (Lipinski definition) is 3. The summed E-state index contributed by atoms with van der Waals surface area (Å²) in [5, 5.41) is 11.9. The summed E-state index contributed by atoms with van der Waals surface area (Å²) >= 11 is 0. The number of benzene rings is 2. The molecule has 0 saturated carbocycles. The highest BCUT2D eigenvalue weighted by molar-refractivity contribution is 6.00. The van der Waals surface area contributed by atoms with E-state index in [0.717, 1.165) is 5.56 Å². The summed E-state index contributed by atoms with van der Waals surface area (Å²) in [4.78, 5) is 37.9. The van der Waals surface area contributed by atoms with E-state index in [0.29, 0.717) is 25.1 Å². The van der Waals surface area contributed by atoms with Crippen molar-refractivity contribution in [1.82, 2.24) is 10.2 Å². The molecule has 2 aromatic carbocycles. The van der Waals surface area contributed by atoms with Gasteiger partial charge in [0.15, 0.2) is 0 Å². The second-order valence-corrected chi connectivity index (χ2v) is 6.45. The van der Waals surface area contributed by atoms with Gasteiger partial charge in [-0.25, -0.2) is 4.79 Å². The van der Waals surface area contributed by atoms with Gasteiger partial charge in [0.25, 0.3) is 5.91 Å². The zero-order chi connectivity index (χ0) is 18.7. The summed E-state index contributed by atoms with van der Waals surface area (Å²) in [7, 11) is 0. The molecule has 0 spiro atoms. The van der Waals surface area contributed by atoms with E-state index in [1.165, 1.54) is 12.1 Å². The molecule has 2 aromatic rings. The zero-order valence-corrected chi connectivity index (χ0v) is 14.4. The molecule has 1 atom stereocenters. The largest absolute Gasteiger partial charge is 0.478 e. The predicted octanol–water partition coefficient (Wildman–Crippen LogP) is 2.22. The minimum Gasteiger partial charge on any atom is -0.478 e. The molecule has 2 N–H and O–H groups in total. The number of amides is 2. The van der Waals surface area contributed by atoms with E-state index in [9.17, 15) is 14.4 Å². The van der Waals surface area contributed by atoms with Crippen molar-refractivity contribution >= 4 is 17.8 Å². The van der Waals surface area contributed by atoms with Crippen LogP contribution in [0.1, 0.15) is 38.3 Å². The Morgan fingerprint density at radius 3 is 2.54 bits per heavy atom. The Hall–Kier alpha value is -3.15. The number of nitrogens with zero attached hydrogens (tertiary/aromatic N) is 1. The van der Waals surface area contributed by atoms with Crippen LogP contribution in [0.2, 0.25) is 0 Å². The molecule has 134 valence electrons. The number of nitrogens with one attached hydrogen (secondary N) is 1. The number of aryl methyl sites for hydroxylation is 1. The SMILES string of the molecule is Cc1cc(C(=O)O)cc(C(=O)NC2CCN(Cc3ccccc3)C2=O)c1. The van der Waals surface area contributed by atoms with Crippen LogP contribution in [0.3, 0.4) is 0 Å². The van der Waals surface area contributed by atoms with Gasteiger partial charge in [0.2, 0.25) is 5.91 Å². The van der Waals surface area contributed by atoms with E-state index >= 15 is 0 Å². The van der Waals surface area contributed by atoms with Crippen molar-refractivity contribution in [2.24, 2.45) is 0 Å². The fourth-order valence-corrected chi connectivity index (χ4v) is 3.11. The lowest BCUT2D eigenvalue weighted by Crippen LogP contribution is -2.41. The molecular weight excluding hydrogens is 332 g/mol. The molecular formula is C20H20N2O4. The number of likely N-dealkylation sites (tertiary alicyclic amines) is 1. The van der Waals surface area contributed by atoms with Crippen molar-refractivity contribution in [3.05, 3.63) is 70.8 Å². The van der Waals surface area contributed by atoms with Gasteiger partial charge in [0.1, 0.15) is 6.04 Å². The van der Waals surface area contributed by atoms with Crippen LogP contribution in [-0.2, 0) is 11.3 Å². The van der Waals surface area contributed by atoms with Gasteiger partial charge in [-0.2, -0.15) is 0 Å². The first-order valence-corrected chi connectivity index (χ1v) is 8.42. The maximum Gasteiger partial charge on any atom is 0.335 e. The molecule has 1 aliphatic heterocycles. The lowest BCUT2D eigenvalue weighted by atomic mass is 10.1. The Balaban J connectivity index is 1.67. The molecule has 26 heavy (non-hydrogen) atoms. The summed E-state index contributed by atoms with van der Waals surface area (Å²) in [6.07, 6.45) is 0.537. The van der Waals surface area contributed by atoms with Crippen molar-refractivity contribution in [2.45, 2.75) is 25.9 Å². The molecule has 1 fully saturated rings. The van der Waals surface area contributed by atoms with Gasteiger partial charge in [-0.1, -0.05) is 30.3 Å². The summed E-state index contributed by atoms with van der Waals surface area (Å²) in [6.45, 7) is 2.82. The molecule has 0 aliphatic carbocycles. The second kappa shape index (κ2) is 7.39. The summed E-state index contributed by atoms with van der Waals surface area (Å²) in [5.74, 6) is -1.64. The van der Waals surface area contributed by atoms with E-state index in [1.807, 2.05) is 30.3 Å². The number of rotatable bonds is 5. The number of hydrogen-bond donors (Lipinski definition) is 2. The van der Waals surface area contributed by atoms with Gasteiger partial charge in [-0.15, -0.1) is 0 Å². The van der Waals surface area contributed by atoms with Crippen LogP contribution in [0, 0.1) is 6.92 Å². The van der Waals surface area contributed by atoms with Crippen LogP contribution in [0.5, 0.6) is 0 Å². The highest BCUT2D eigenvalue weighted by Crippen LogP contribution is 2.16. The molecule has 0 bridgehead atoms. The Morgan fingerprint density at radius 2 is 1.85 bits per heavy atom. The highest BCUT2D eigenvalue weighted by atomic mass is 16.4. The lowest BCUT2D eigenvalue weighted by Gasteiger charge is -2.17. The van der Waals surface area contributed by atoms with Gasteiger partial charge in [-0.05, 0) is 42.7 Å². The molecule has 1 unspecified atom stereocenters. The Kier molecular flexibility index (Phi) is 5.02. The van der Waals surface area contributed by atoms with Gasteiger partial charge in [0.05, 0.1) is 5.56 Å². The topological polar surface area (TPSA) is 86.7 Å². The minimum atomic E-state index is -1.09. The Morgan fingerprint density at radius 1 is 1.15 bits per heavy atom. The van der Waals surface area contributed by atoms with Gasteiger partial charge < -0.3 is 15.3 Å². The first-order valence-electron chi connectivity index (χ1n) is 8.42. The molecule has 2 amide bonds. The number of carboxylic acids is 1. The standard InChI is InChI=1S/C20H20N2O4/c1-13-9-15(11-16(10-13)20(25)26)18(23)21-17-7-8-22(19(17)24)12-14-5-3-2-4-6-14/h2-6,9-11,17H,7-8,12H2,1H3,(H,21,23)(H,25,26). The van der Waals surface area contributed by atoms with Crippen molar-refractivity contribution in [3.63, 3.8) is 0 Å². The average Bonchev–Trinajstić information content (AvgIpc) is 2.95. The maximum absolute atomic E-state index is 12.5. The molecule has 6 heteroatoms. The number of carboxylic acid groups (broad SMARTS) is 1. The van der Waals surface area contributed by atoms with Crippen LogP contribution in [0.25, 0.3) is 0 Å². The molecule has 1 saturated heterocycles. The van der Waals surface area contributed by atoms with Crippen LogP contribution < -0.4 is 5.32 Å². The monoisotopic (exact) mass is 352 g/mol. The molecule has 0 radical (unpaired) electrons. The Labute approximate surface area is 151 Å². The quantitative estimate of drug-likeness (QED) is 0.864. The maximum atomic E-state index is 12.5. The molecule has 1 aliphatic rings. The average molecular weight is 352 g/mol. The number of aromatic carboxylic acids is 1. The van der Waals surface area contributed by atoms with Gasteiger partial charge >= 0.3 is 5.97 Å². The molecule has 3 rings (SSSR count). The first-order chi connectivity index (χ1) is 12.4. The van der Waals surface area contributed by atoms with E-state index in [4.69, 9.17) is 5.11 Å². The lowest BCUT2D eigenvalue weighted by molar-refractivity contribution is -0.129. The minimum absolute atomic E-state index is 0.0543. The van der Waals surface area contributed by atoms with E-state index in [2.05, 4.69) is 5.32 Å². The molecule has 1 heterocycles. The fraction of sp³-hybridized carbons (Fsp3) is 0.250. The Bertz CT molecular complexity index is 848. The third-order valence-electron chi connectivity index (χ3n) is 4.41. The van der Waals surface area contributed by atoms with Gasteiger partial charge in [-0.3, -0.25) is 9.59 Å². The van der Waals surface area contributed by atoms with Crippen molar-refractivity contribution in [3.8, 4) is 0 Å². The van der Waals surface area contributed by atoms with Crippen molar-refractivity contribution in [1.29, 1.82) is 0 Å². The van der Waals surface area contributed by atoms with Crippen molar-refractivity contribution < 1.29 is 19.5 Å². The fourth-order valence-electron chi connectivity index (χ4n) is 3.11. The van der Waals surface area contributed by atoms with Gasteiger partial charge in [0, 0.05) is 18.7 Å². The van der Waals surface area contributed by atoms with Crippen LogP contribution in [0.4, 0.5) is 0 Å². The zero-order valence-electron chi connectivity index (χ0n) is 14.4. The highest BCUT2D eigenvalue weighted by Gasteiger charge is 2.32. The third kappa shape index (κ3) is 3.91. The van der Waals surface area contributed by atoms with Crippen molar-refractivity contribution in [2.75, 3.05) is 6.54 Å². The van der Waals surface area contributed by atoms with E-state index in [-0.39, 0.29) is 17.0 Å². The predicted molar refractivity (Wildman–Crippen MR) is 95.9 cm³/mol. The smallest absolute Gasteiger partial charge is 0.335 e. The third-order valence-corrected chi connectivity index (χ3v) is 4.41. The summed E-state index contributed by atoms with van der Waals surface area (Å²) < 4.78 is 0. The molecule has 0 aromatic heterocycles. The molecule has 6 nitrogen and oxygen atoms in total. The first kappa shape index (κ1) is 17.7. The normalized spacial score (nSPS) is 16.6. The van der Waals surface area contributed by atoms with E-state index < -0.39 is 17.9 Å². The van der Waals surface area contributed by atoms with Crippen LogP contribution >= 0.6 is 0 Å². The number of carbonyl (C=O) groups excluding carboxylic acids is 2. The van der Waals surface area contributed by atoms with E-state index in [1.54, 1.807) is 17.9 Å².